The molecule has 0 spiro atoms. The Labute approximate surface area is 56.6 Å². The van der Waals surface area contributed by atoms with E-state index in [0.29, 0.717) is 6.04 Å². The van der Waals surface area contributed by atoms with Crippen molar-refractivity contribution in [1.29, 1.82) is 0 Å². The van der Waals surface area contributed by atoms with E-state index in [0.717, 1.165) is 22.5 Å². The molecule has 2 nitrogen and oxygen atoms in total. The lowest BCUT2D eigenvalue weighted by Crippen LogP contribution is -2.44. The summed E-state index contributed by atoms with van der Waals surface area (Å²) in [5, 5.41) is 11.5. The number of hydrogen-bond acceptors (Lipinski definition) is 2. The minimum absolute atomic E-state index is 0.348. The summed E-state index contributed by atoms with van der Waals surface area (Å²) in [4.78, 5) is 0. The molecule has 7 heavy (non-hydrogen) atoms. The van der Waals surface area contributed by atoms with Gasteiger partial charge in [-0.1, -0.05) is 22.6 Å². The van der Waals surface area contributed by atoms with E-state index in [4.69, 9.17) is 0 Å². The maximum absolute atomic E-state index is 10.4. The Morgan fingerprint density at radius 3 is 2.57 bits per heavy atom. The van der Waals surface area contributed by atoms with E-state index in [-0.39, 0.29) is 0 Å². The first-order valence-electron chi connectivity index (χ1n) is 2.34. The molecular weight excluding hydrogens is 205 g/mol. The molecule has 0 N–H and O–H groups in total. The normalized spacial score (nSPS) is 32.6. The molecule has 0 aliphatic carbocycles. The largest absolute Gasteiger partial charge is 0.785 e. The van der Waals surface area contributed by atoms with Gasteiger partial charge in [0.05, 0.1) is 0 Å². The topological polar surface area (TPSA) is 26.3 Å². The Balaban J connectivity index is 2.16. The van der Waals surface area contributed by atoms with Crippen molar-refractivity contribution in [2.24, 2.45) is 0 Å². The monoisotopic (exact) mass is 212 g/mol. The van der Waals surface area contributed by atoms with Gasteiger partial charge >= 0.3 is 0 Å². The summed E-state index contributed by atoms with van der Waals surface area (Å²) in [6.07, 6.45) is 1.10. The molecule has 1 atom stereocenters. The smallest absolute Gasteiger partial charge is 0.0143 e. The summed E-state index contributed by atoms with van der Waals surface area (Å²) in [6, 6.07) is 0.348. The molecule has 1 aliphatic heterocycles. The van der Waals surface area contributed by atoms with Gasteiger partial charge in [0.25, 0.3) is 0 Å². The zero-order chi connectivity index (χ0) is 5.28. The highest BCUT2D eigenvalue weighted by Gasteiger charge is 2.16. The van der Waals surface area contributed by atoms with Crippen molar-refractivity contribution in [3.8, 4) is 0 Å². The first-order valence-corrected chi connectivity index (χ1v) is 3.87. The Morgan fingerprint density at radius 1 is 1.86 bits per heavy atom. The molecule has 0 aromatic carbocycles. The number of halogens is 1. The maximum atomic E-state index is 10.4. The molecule has 3 heteroatoms. The number of alkyl halides is 1. The zero-order valence-electron chi connectivity index (χ0n) is 3.93. The van der Waals surface area contributed by atoms with Gasteiger partial charge in [-0.2, -0.15) is 0 Å². The number of hydroxylamine groups is 2. The van der Waals surface area contributed by atoms with Gasteiger partial charge in [-0.05, 0) is 13.0 Å². The molecule has 0 amide bonds. The highest BCUT2D eigenvalue weighted by Crippen LogP contribution is 2.16. The average Bonchev–Trinajstić information content (AvgIpc) is 1.65. The summed E-state index contributed by atoms with van der Waals surface area (Å²) in [6.45, 7) is 0.758. The van der Waals surface area contributed by atoms with Crippen molar-refractivity contribution >= 4 is 22.6 Å². The van der Waals surface area contributed by atoms with Crippen LogP contribution in [0.3, 0.4) is 0 Å². The average molecular weight is 212 g/mol. The van der Waals surface area contributed by atoms with Crippen molar-refractivity contribution in [2.45, 2.75) is 12.5 Å². The lowest BCUT2D eigenvalue weighted by atomic mass is 10.1. The zero-order valence-corrected chi connectivity index (χ0v) is 6.09. The van der Waals surface area contributed by atoms with Crippen LogP contribution in [0.1, 0.15) is 6.42 Å². The maximum Gasteiger partial charge on any atom is 0.0143 e. The lowest BCUT2D eigenvalue weighted by Gasteiger charge is -2.45. The van der Waals surface area contributed by atoms with Gasteiger partial charge in [-0.3, -0.25) is 0 Å². The summed E-state index contributed by atoms with van der Waals surface area (Å²) in [7, 11) is 0. The van der Waals surface area contributed by atoms with E-state index < -0.39 is 0 Å². The van der Waals surface area contributed by atoms with E-state index in [9.17, 15) is 5.21 Å². The van der Waals surface area contributed by atoms with Crippen LogP contribution in [0.25, 0.3) is 0 Å². The fourth-order valence-corrected chi connectivity index (χ4v) is 1.45. The third-order valence-corrected chi connectivity index (χ3v) is 2.28. The van der Waals surface area contributed by atoms with Crippen LogP contribution in [0.4, 0.5) is 0 Å². The van der Waals surface area contributed by atoms with Crippen molar-refractivity contribution in [1.82, 2.24) is 5.06 Å². The van der Waals surface area contributed by atoms with Crippen LogP contribution >= 0.6 is 22.6 Å². The fraction of sp³-hybridized carbons (Fsp3) is 1.00. The van der Waals surface area contributed by atoms with Crippen LogP contribution in [-0.4, -0.2) is 22.1 Å². The number of nitrogens with zero attached hydrogens (tertiary/aromatic N) is 1. The van der Waals surface area contributed by atoms with Crippen molar-refractivity contribution in [3.05, 3.63) is 5.21 Å². The SMILES string of the molecule is [O-]N1CCC1CI. The van der Waals surface area contributed by atoms with E-state index in [2.05, 4.69) is 22.6 Å². The van der Waals surface area contributed by atoms with Crippen LogP contribution in [0, 0.1) is 5.21 Å². The van der Waals surface area contributed by atoms with Crippen LogP contribution < -0.4 is 0 Å². The summed E-state index contributed by atoms with van der Waals surface area (Å²) < 4.78 is 0.987. The Morgan fingerprint density at radius 2 is 2.57 bits per heavy atom. The standard InChI is InChI=1S/C4H7INO/c5-3-4-1-2-6(4)7/h4H,1-3H2/q-1. The Kier molecular flexibility index (Phi) is 1.88. The molecule has 0 saturated carbocycles. The lowest BCUT2D eigenvalue weighted by molar-refractivity contribution is 0.180. The molecular formula is C4H7INO-. The molecule has 0 radical (unpaired) electrons. The molecule has 1 rings (SSSR count). The first-order chi connectivity index (χ1) is 3.34. The molecule has 1 fully saturated rings. The second kappa shape index (κ2) is 2.28. The predicted octanol–water partition coefficient (Wildman–Crippen LogP) is 0.993. The minimum atomic E-state index is 0.348. The van der Waals surface area contributed by atoms with Crippen molar-refractivity contribution in [3.63, 3.8) is 0 Å². The fourth-order valence-electron chi connectivity index (χ4n) is 0.571. The van der Waals surface area contributed by atoms with Gasteiger partial charge in [0.1, 0.15) is 0 Å². The van der Waals surface area contributed by atoms with E-state index >= 15 is 0 Å². The third kappa shape index (κ3) is 1.06. The third-order valence-electron chi connectivity index (χ3n) is 1.27. The molecule has 42 valence electrons. The quantitative estimate of drug-likeness (QED) is 0.478. The Bertz CT molecular complexity index is 66.7. The summed E-state index contributed by atoms with van der Waals surface area (Å²) in [5.41, 5.74) is 0. The highest BCUT2D eigenvalue weighted by molar-refractivity contribution is 14.1. The predicted molar refractivity (Wildman–Crippen MR) is 37.4 cm³/mol. The molecule has 0 aromatic heterocycles. The molecule has 1 unspecified atom stereocenters. The van der Waals surface area contributed by atoms with Crippen LogP contribution in [0.5, 0.6) is 0 Å². The van der Waals surface area contributed by atoms with Crippen LogP contribution in [-0.2, 0) is 0 Å². The molecule has 0 bridgehead atoms. The minimum Gasteiger partial charge on any atom is -0.785 e. The summed E-state index contributed by atoms with van der Waals surface area (Å²) in [5.74, 6) is 0. The van der Waals surface area contributed by atoms with Gasteiger partial charge in [-0.25, -0.2) is 0 Å². The summed E-state index contributed by atoms with van der Waals surface area (Å²) >= 11 is 2.24. The highest BCUT2D eigenvalue weighted by atomic mass is 127. The van der Waals surface area contributed by atoms with Gasteiger partial charge in [-0.15, -0.1) is 0 Å². The van der Waals surface area contributed by atoms with Gasteiger partial charge in [0, 0.05) is 10.5 Å². The van der Waals surface area contributed by atoms with E-state index in [1.165, 1.54) is 0 Å². The molecule has 1 aliphatic rings. The van der Waals surface area contributed by atoms with Gasteiger partial charge < -0.3 is 10.3 Å². The first kappa shape index (κ1) is 5.78. The second-order valence-corrected chi connectivity index (χ2v) is 2.62. The van der Waals surface area contributed by atoms with Gasteiger partial charge in [0.2, 0.25) is 0 Å². The molecule has 0 aromatic rings. The second-order valence-electron chi connectivity index (χ2n) is 1.74. The Hall–Kier alpha value is 0.650. The van der Waals surface area contributed by atoms with Gasteiger partial charge in [0.15, 0.2) is 0 Å². The van der Waals surface area contributed by atoms with E-state index in [1.54, 1.807) is 0 Å². The van der Waals surface area contributed by atoms with E-state index in [1.807, 2.05) is 0 Å². The van der Waals surface area contributed by atoms with Crippen LogP contribution in [0.2, 0.25) is 0 Å². The number of rotatable bonds is 1. The molecule has 1 saturated heterocycles. The van der Waals surface area contributed by atoms with Crippen molar-refractivity contribution < 1.29 is 0 Å². The van der Waals surface area contributed by atoms with Crippen molar-refractivity contribution in [2.75, 3.05) is 11.0 Å². The van der Waals surface area contributed by atoms with Crippen LogP contribution in [0.15, 0.2) is 0 Å². The molecule has 1 heterocycles. The number of hydrogen-bond donors (Lipinski definition) is 0.